The summed E-state index contributed by atoms with van der Waals surface area (Å²) >= 11 is 0. The van der Waals surface area contributed by atoms with Gasteiger partial charge in [0, 0.05) is 18.3 Å². The minimum absolute atomic E-state index is 0.196. The van der Waals surface area contributed by atoms with E-state index in [2.05, 4.69) is 29.8 Å². The molecular formula is C12H15N3. The van der Waals surface area contributed by atoms with Crippen molar-refractivity contribution < 1.29 is 0 Å². The maximum atomic E-state index is 8.69. The van der Waals surface area contributed by atoms with Crippen molar-refractivity contribution in [3.63, 3.8) is 0 Å². The second-order valence-electron chi connectivity index (χ2n) is 4.58. The predicted octanol–water partition coefficient (Wildman–Crippen LogP) is 2.33. The quantitative estimate of drug-likeness (QED) is 0.700. The molecule has 2 heterocycles. The first-order valence-corrected chi connectivity index (χ1v) is 5.27. The van der Waals surface area contributed by atoms with Gasteiger partial charge in [-0.1, -0.05) is 0 Å². The number of hydrogen-bond acceptors (Lipinski definition) is 3. The zero-order valence-electron chi connectivity index (χ0n) is 9.20. The van der Waals surface area contributed by atoms with Crippen LogP contribution in [0.25, 0.3) is 0 Å². The van der Waals surface area contributed by atoms with Gasteiger partial charge in [0.25, 0.3) is 0 Å². The van der Waals surface area contributed by atoms with Gasteiger partial charge in [0.05, 0.1) is 5.56 Å². The van der Waals surface area contributed by atoms with Gasteiger partial charge in [0.2, 0.25) is 0 Å². The third-order valence-electron chi connectivity index (χ3n) is 3.05. The molecule has 15 heavy (non-hydrogen) atoms. The molecule has 0 amide bonds. The summed E-state index contributed by atoms with van der Waals surface area (Å²) in [4.78, 5) is 6.64. The van der Waals surface area contributed by atoms with Gasteiger partial charge in [0.1, 0.15) is 11.9 Å². The summed E-state index contributed by atoms with van der Waals surface area (Å²) in [6.45, 7) is 5.53. The smallest absolute Gasteiger partial charge is 0.129 e. The molecule has 2 rings (SSSR count). The summed E-state index contributed by atoms with van der Waals surface area (Å²) in [5, 5.41) is 8.69. The summed E-state index contributed by atoms with van der Waals surface area (Å²) in [5.74, 6) is 0.983. The highest BCUT2D eigenvalue weighted by Crippen LogP contribution is 2.32. The van der Waals surface area contributed by atoms with Crippen LogP contribution in [0, 0.1) is 11.3 Å². The molecule has 0 N–H and O–H groups in total. The molecule has 1 aromatic heterocycles. The van der Waals surface area contributed by atoms with E-state index < -0.39 is 0 Å². The van der Waals surface area contributed by atoms with E-state index >= 15 is 0 Å². The summed E-state index contributed by atoms with van der Waals surface area (Å²) < 4.78 is 0. The molecule has 78 valence electrons. The first-order chi connectivity index (χ1) is 7.13. The van der Waals surface area contributed by atoms with Gasteiger partial charge in [-0.3, -0.25) is 0 Å². The molecule has 0 bridgehead atoms. The van der Waals surface area contributed by atoms with Gasteiger partial charge in [-0.15, -0.1) is 0 Å². The van der Waals surface area contributed by atoms with Gasteiger partial charge < -0.3 is 4.90 Å². The van der Waals surface area contributed by atoms with Crippen molar-refractivity contribution in [1.82, 2.24) is 4.98 Å². The van der Waals surface area contributed by atoms with Crippen molar-refractivity contribution in [2.75, 3.05) is 11.4 Å². The lowest BCUT2D eigenvalue weighted by atomic mass is 10.0. The molecule has 0 aliphatic carbocycles. The van der Waals surface area contributed by atoms with Crippen molar-refractivity contribution in [1.29, 1.82) is 5.26 Å². The molecule has 0 spiro atoms. The first-order valence-electron chi connectivity index (χ1n) is 5.27. The Labute approximate surface area is 90.4 Å². The van der Waals surface area contributed by atoms with Crippen molar-refractivity contribution in [2.24, 2.45) is 0 Å². The van der Waals surface area contributed by atoms with Crippen molar-refractivity contribution in [3.05, 3.63) is 23.9 Å². The summed E-state index contributed by atoms with van der Waals surface area (Å²) in [6.07, 6.45) is 4.06. The molecule has 3 nitrogen and oxygen atoms in total. The number of anilines is 1. The number of pyridine rings is 1. The van der Waals surface area contributed by atoms with E-state index in [4.69, 9.17) is 5.26 Å². The Morgan fingerprint density at radius 3 is 2.73 bits per heavy atom. The monoisotopic (exact) mass is 201 g/mol. The van der Waals surface area contributed by atoms with Crippen LogP contribution < -0.4 is 4.90 Å². The molecule has 1 aliphatic heterocycles. The lowest BCUT2D eigenvalue weighted by Gasteiger charge is -2.32. The number of rotatable bonds is 1. The molecule has 1 saturated heterocycles. The molecule has 3 heteroatoms. The highest BCUT2D eigenvalue weighted by molar-refractivity contribution is 5.45. The zero-order valence-corrected chi connectivity index (χ0v) is 9.20. The standard InChI is InChI=1S/C12H15N3/c1-12(2)6-3-7-15(12)11-5-4-10(8-13)9-14-11/h4-5,9H,3,6-7H2,1-2H3. The number of nitriles is 1. The highest BCUT2D eigenvalue weighted by atomic mass is 15.3. The van der Waals surface area contributed by atoms with Crippen LogP contribution in [0.1, 0.15) is 32.3 Å². The van der Waals surface area contributed by atoms with Crippen LogP contribution in [0.2, 0.25) is 0 Å². The van der Waals surface area contributed by atoms with Crippen LogP contribution in [0.15, 0.2) is 18.3 Å². The Hall–Kier alpha value is -1.56. The normalized spacial score (nSPS) is 18.9. The minimum atomic E-state index is 0.196. The van der Waals surface area contributed by atoms with E-state index in [0.29, 0.717) is 5.56 Å². The van der Waals surface area contributed by atoms with Gasteiger partial charge in [-0.25, -0.2) is 4.98 Å². The van der Waals surface area contributed by atoms with E-state index in [9.17, 15) is 0 Å². The fourth-order valence-electron chi connectivity index (χ4n) is 2.14. The second-order valence-corrected chi connectivity index (χ2v) is 4.58. The average molecular weight is 201 g/mol. The van der Waals surface area contributed by atoms with Crippen LogP contribution in [-0.4, -0.2) is 17.1 Å². The minimum Gasteiger partial charge on any atom is -0.352 e. The molecule has 0 atom stereocenters. The van der Waals surface area contributed by atoms with Crippen LogP contribution >= 0.6 is 0 Å². The Morgan fingerprint density at radius 1 is 1.47 bits per heavy atom. The van der Waals surface area contributed by atoms with Crippen molar-refractivity contribution in [3.8, 4) is 6.07 Å². The van der Waals surface area contributed by atoms with Crippen LogP contribution in [-0.2, 0) is 0 Å². The lowest BCUT2D eigenvalue weighted by molar-refractivity contribution is 0.514. The van der Waals surface area contributed by atoms with E-state index in [1.54, 1.807) is 6.20 Å². The van der Waals surface area contributed by atoms with Crippen LogP contribution in [0.5, 0.6) is 0 Å². The van der Waals surface area contributed by atoms with Crippen molar-refractivity contribution in [2.45, 2.75) is 32.2 Å². The fraction of sp³-hybridized carbons (Fsp3) is 0.500. The largest absolute Gasteiger partial charge is 0.352 e. The molecule has 1 aromatic rings. The van der Waals surface area contributed by atoms with Gasteiger partial charge >= 0.3 is 0 Å². The van der Waals surface area contributed by atoms with E-state index in [-0.39, 0.29) is 5.54 Å². The maximum absolute atomic E-state index is 8.69. The van der Waals surface area contributed by atoms with E-state index in [1.165, 1.54) is 12.8 Å². The molecule has 0 unspecified atom stereocenters. The Morgan fingerprint density at radius 2 is 2.27 bits per heavy atom. The molecule has 1 fully saturated rings. The lowest BCUT2D eigenvalue weighted by Crippen LogP contribution is -2.38. The second kappa shape index (κ2) is 3.54. The summed E-state index contributed by atoms with van der Waals surface area (Å²) in [6, 6.07) is 5.85. The molecule has 0 saturated carbocycles. The Bertz CT molecular complexity index is 386. The first kappa shape index (κ1) is 9.97. The number of hydrogen-bond donors (Lipinski definition) is 0. The van der Waals surface area contributed by atoms with Crippen LogP contribution in [0.4, 0.5) is 5.82 Å². The predicted molar refractivity (Wildman–Crippen MR) is 59.6 cm³/mol. The Balaban J connectivity index is 2.27. The van der Waals surface area contributed by atoms with Gasteiger partial charge in [-0.2, -0.15) is 5.26 Å². The molecular weight excluding hydrogens is 186 g/mol. The maximum Gasteiger partial charge on any atom is 0.129 e. The average Bonchev–Trinajstić information content (AvgIpc) is 2.58. The highest BCUT2D eigenvalue weighted by Gasteiger charge is 2.32. The molecule has 0 radical (unpaired) electrons. The third kappa shape index (κ3) is 1.80. The molecule has 0 aromatic carbocycles. The van der Waals surface area contributed by atoms with Crippen molar-refractivity contribution >= 4 is 5.82 Å². The Kier molecular flexibility index (Phi) is 2.36. The third-order valence-corrected chi connectivity index (χ3v) is 3.05. The fourth-order valence-corrected chi connectivity index (χ4v) is 2.14. The van der Waals surface area contributed by atoms with Gasteiger partial charge in [0.15, 0.2) is 0 Å². The molecule has 1 aliphatic rings. The number of aromatic nitrogens is 1. The van der Waals surface area contributed by atoms with E-state index in [1.807, 2.05) is 12.1 Å². The van der Waals surface area contributed by atoms with Gasteiger partial charge in [-0.05, 0) is 38.8 Å². The summed E-state index contributed by atoms with van der Waals surface area (Å²) in [7, 11) is 0. The topological polar surface area (TPSA) is 39.9 Å². The summed E-state index contributed by atoms with van der Waals surface area (Å²) in [5.41, 5.74) is 0.817. The SMILES string of the molecule is CC1(C)CCCN1c1ccc(C#N)cn1. The zero-order chi connectivity index (χ0) is 10.9. The van der Waals surface area contributed by atoms with E-state index in [0.717, 1.165) is 12.4 Å². The van der Waals surface area contributed by atoms with Crippen LogP contribution in [0.3, 0.4) is 0 Å². The number of nitrogens with zero attached hydrogens (tertiary/aromatic N) is 3.